The van der Waals surface area contributed by atoms with Crippen molar-refractivity contribution in [3.63, 3.8) is 0 Å². The minimum atomic E-state index is -3.14. The van der Waals surface area contributed by atoms with Crippen molar-refractivity contribution < 1.29 is 33.2 Å². The van der Waals surface area contributed by atoms with Crippen LogP contribution in [0.1, 0.15) is 16.1 Å². The molecule has 1 heterocycles. The number of rotatable bonds is 6. The Kier molecular flexibility index (Phi) is 5.50. The maximum atomic E-state index is 12.4. The first kappa shape index (κ1) is 17.7. The lowest BCUT2D eigenvalue weighted by Gasteiger charge is -2.07. The van der Waals surface area contributed by atoms with Crippen molar-refractivity contribution in [3.8, 4) is 5.75 Å². The number of ether oxygens (including phenoxy) is 1. The van der Waals surface area contributed by atoms with Gasteiger partial charge in [0.05, 0.1) is 11.1 Å². The maximum absolute atomic E-state index is 12.4. The Bertz CT molecular complexity index is 829. The van der Waals surface area contributed by atoms with E-state index in [1.54, 1.807) is 0 Å². The third-order valence-corrected chi connectivity index (χ3v) is 2.86. The summed E-state index contributed by atoms with van der Waals surface area (Å²) in [4.78, 5) is 21.9. The summed E-state index contributed by atoms with van der Waals surface area (Å²) in [7, 11) is 0. The number of alkyl halides is 2. The molecule has 0 radical (unpaired) electrons. The van der Waals surface area contributed by atoms with Crippen LogP contribution in [-0.2, 0) is 0 Å². The van der Waals surface area contributed by atoms with Crippen LogP contribution in [0.3, 0.4) is 0 Å². The van der Waals surface area contributed by atoms with E-state index in [4.69, 9.17) is 0 Å². The summed E-state index contributed by atoms with van der Waals surface area (Å²) in [6.45, 7) is -3.14. The minimum Gasteiger partial charge on any atom is -0.434 e. The maximum Gasteiger partial charge on any atom is 0.387 e. The van der Waals surface area contributed by atoms with Gasteiger partial charge in [-0.2, -0.15) is 13.9 Å². The highest BCUT2D eigenvalue weighted by atomic mass is 19.3. The number of non-ortho nitro benzene ring substituents is 1. The average molecular weight is 353 g/mol. The van der Waals surface area contributed by atoms with E-state index in [2.05, 4.69) is 15.3 Å². The first-order valence-electron chi connectivity index (χ1n) is 6.65. The molecule has 0 aliphatic rings. The summed E-state index contributed by atoms with van der Waals surface area (Å²) in [6, 6.07) is 7.24. The van der Waals surface area contributed by atoms with Crippen molar-refractivity contribution >= 4 is 17.8 Å². The van der Waals surface area contributed by atoms with E-state index in [0.717, 1.165) is 24.4 Å². The topological polar surface area (TPSA) is 118 Å². The van der Waals surface area contributed by atoms with Crippen LogP contribution in [0, 0.1) is 10.1 Å². The summed E-state index contributed by atoms with van der Waals surface area (Å²) in [5.74, 6) is -1.14. The number of nitro benzene ring substituents is 1. The standard InChI is InChI=1S/C14H10F2N4O5/c15-14(16)25-12-5-4-10(20(23)24)7-9(12)8-17-18-13(21)11-3-1-2-6-19(11)22/h1-8,14H,(H-,18,21,22)/p+1. The Morgan fingerprint density at radius 3 is 2.80 bits per heavy atom. The fourth-order valence-electron chi connectivity index (χ4n) is 1.79. The average Bonchev–Trinajstić information content (AvgIpc) is 2.55. The lowest BCUT2D eigenvalue weighted by atomic mass is 10.2. The molecule has 9 nitrogen and oxygen atoms in total. The molecular weight excluding hydrogens is 342 g/mol. The number of aromatic nitrogens is 1. The lowest BCUT2D eigenvalue weighted by molar-refractivity contribution is -0.905. The quantitative estimate of drug-likeness (QED) is 0.268. The molecule has 0 atom stereocenters. The minimum absolute atomic E-state index is 0.136. The second kappa shape index (κ2) is 7.77. The Hall–Kier alpha value is -3.63. The van der Waals surface area contributed by atoms with Crippen molar-refractivity contribution in [1.82, 2.24) is 5.43 Å². The van der Waals surface area contributed by atoms with E-state index in [-0.39, 0.29) is 22.7 Å². The Morgan fingerprint density at radius 2 is 2.16 bits per heavy atom. The normalized spacial score (nSPS) is 10.8. The van der Waals surface area contributed by atoms with Crippen LogP contribution in [0.4, 0.5) is 14.5 Å². The number of hydrogen-bond donors (Lipinski definition) is 2. The van der Waals surface area contributed by atoms with Crippen molar-refractivity contribution in [2.45, 2.75) is 6.61 Å². The number of hydrazone groups is 1. The zero-order valence-corrected chi connectivity index (χ0v) is 12.4. The van der Waals surface area contributed by atoms with Crippen LogP contribution in [0.2, 0.25) is 0 Å². The molecule has 0 aliphatic heterocycles. The largest absolute Gasteiger partial charge is 0.434 e. The molecule has 0 aliphatic carbocycles. The van der Waals surface area contributed by atoms with Crippen molar-refractivity contribution in [2.24, 2.45) is 5.10 Å². The van der Waals surface area contributed by atoms with Crippen LogP contribution in [-0.4, -0.2) is 28.9 Å². The Balaban J connectivity index is 2.21. The van der Waals surface area contributed by atoms with Gasteiger partial charge in [-0.3, -0.25) is 20.1 Å². The molecule has 1 aromatic carbocycles. The molecule has 11 heteroatoms. The first-order valence-corrected chi connectivity index (χ1v) is 6.65. The predicted octanol–water partition coefficient (Wildman–Crippen LogP) is 1.48. The molecule has 2 rings (SSSR count). The van der Waals surface area contributed by atoms with Crippen LogP contribution < -0.4 is 14.9 Å². The molecule has 0 spiro atoms. The van der Waals surface area contributed by atoms with Crippen molar-refractivity contribution in [1.29, 1.82) is 0 Å². The molecule has 0 saturated carbocycles. The highest BCUT2D eigenvalue weighted by molar-refractivity contribution is 5.92. The van der Waals surface area contributed by atoms with Gasteiger partial charge < -0.3 is 4.74 Å². The van der Waals surface area contributed by atoms with Crippen LogP contribution in [0.25, 0.3) is 0 Å². The molecule has 0 fully saturated rings. The van der Waals surface area contributed by atoms with E-state index in [9.17, 15) is 28.9 Å². The van der Waals surface area contributed by atoms with Gasteiger partial charge in [0, 0.05) is 34.6 Å². The van der Waals surface area contributed by atoms with E-state index in [0.29, 0.717) is 4.73 Å². The zero-order chi connectivity index (χ0) is 18.4. The molecular formula is C14H11F2N4O5+. The Morgan fingerprint density at radius 1 is 1.40 bits per heavy atom. The summed E-state index contributed by atoms with van der Waals surface area (Å²) >= 11 is 0. The summed E-state index contributed by atoms with van der Waals surface area (Å²) in [5, 5.41) is 23.8. The number of benzene rings is 1. The number of nitrogens with one attached hydrogen (secondary N) is 1. The number of carbonyl (C=O) groups excluding carboxylic acids is 1. The van der Waals surface area contributed by atoms with Crippen LogP contribution in [0.5, 0.6) is 5.75 Å². The van der Waals surface area contributed by atoms with Gasteiger partial charge >= 0.3 is 18.2 Å². The van der Waals surface area contributed by atoms with E-state index in [1.165, 1.54) is 24.4 Å². The first-order chi connectivity index (χ1) is 11.9. The van der Waals surface area contributed by atoms with Gasteiger partial charge in [0.15, 0.2) is 0 Å². The molecule has 0 unspecified atom stereocenters. The number of amides is 1. The fourth-order valence-corrected chi connectivity index (χ4v) is 1.79. The molecule has 0 bridgehead atoms. The molecule has 25 heavy (non-hydrogen) atoms. The van der Waals surface area contributed by atoms with Gasteiger partial charge in [-0.25, -0.2) is 5.43 Å². The number of pyridine rings is 1. The summed E-state index contributed by atoms with van der Waals surface area (Å²) in [5.41, 5.74) is 1.41. The molecule has 1 aromatic heterocycles. The van der Waals surface area contributed by atoms with Crippen LogP contribution in [0.15, 0.2) is 47.7 Å². The van der Waals surface area contributed by atoms with Gasteiger partial charge in [-0.05, 0) is 12.1 Å². The van der Waals surface area contributed by atoms with E-state index in [1.807, 2.05) is 0 Å². The van der Waals surface area contributed by atoms with Gasteiger partial charge in [-0.1, -0.05) is 0 Å². The van der Waals surface area contributed by atoms with Gasteiger partial charge in [0.1, 0.15) is 5.75 Å². The SMILES string of the molecule is O=C(N/N=C/c1cc([N+](=O)[O-])ccc1OC(F)F)c1cccc[n+]1O. The lowest BCUT2D eigenvalue weighted by Crippen LogP contribution is -2.40. The third kappa shape index (κ3) is 4.67. The summed E-state index contributed by atoms with van der Waals surface area (Å²) < 4.78 is 29.5. The van der Waals surface area contributed by atoms with Gasteiger partial charge in [0.2, 0.25) is 6.20 Å². The molecule has 1 amide bonds. The zero-order valence-electron chi connectivity index (χ0n) is 12.4. The van der Waals surface area contributed by atoms with Crippen molar-refractivity contribution in [2.75, 3.05) is 0 Å². The molecule has 130 valence electrons. The van der Waals surface area contributed by atoms with Crippen LogP contribution >= 0.6 is 0 Å². The highest BCUT2D eigenvalue weighted by Crippen LogP contribution is 2.24. The van der Waals surface area contributed by atoms with E-state index < -0.39 is 17.4 Å². The van der Waals surface area contributed by atoms with Gasteiger partial charge in [-0.15, -0.1) is 0 Å². The van der Waals surface area contributed by atoms with Gasteiger partial charge in [0.25, 0.3) is 5.69 Å². The number of halogens is 2. The Labute approximate surface area is 138 Å². The smallest absolute Gasteiger partial charge is 0.387 e. The molecule has 2 N–H and O–H groups in total. The number of nitro groups is 1. The predicted molar refractivity (Wildman–Crippen MR) is 78.6 cm³/mol. The number of hydrogen-bond acceptors (Lipinski definition) is 6. The highest BCUT2D eigenvalue weighted by Gasteiger charge is 2.18. The second-order valence-corrected chi connectivity index (χ2v) is 4.49. The fraction of sp³-hybridized carbons (Fsp3) is 0.0714. The second-order valence-electron chi connectivity index (χ2n) is 4.49. The number of carbonyl (C=O) groups is 1. The third-order valence-electron chi connectivity index (χ3n) is 2.86. The van der Waals surface area contributed by atoms with E-state index >= 15 is 0 Å². The summed E-state index contributed by atoms with van der Waals surface area (Å²) in [6.07, 6.45) is 2.13. The molecule has 0 saturated heterocycles. The monoisotopic (exact) mass is 353 g/mol. The van der Waals surface area contributed by atoms with Crippen molar-refractivity contribution in [3.05, 3.63) is 64.0 Å². The number of nitrogens with zero attached hydrogens (tertiary/aromatic N) is 3. The molecule has 2 aromatic rings.